The van der Waals surface area contributed by atoms with Crippen molar-refractivity contribution in [1.82, 2.24) is 4.98 Å². The number of fused-ring (bicyclic) bond motifs is 2. The first-order chi connectivity index (χ1) is 10.2. The topological polar surface area (TPSA) is 49.6 Å². The molecule has 0 aliphatic carbocycles. The summed E-state index contributed by atoms with van der Waals surface area (Å²) in [5.41, 5.74) is 5.96. The summed E-state index contributed by atoms with van der Waals surface area (Å²) >= 11 is 0. The van der Waals surface area contributed by atoms with Gasteiger partial charge in [-0.15, -0.1) is 0 Å². The van der Waals surface area contributed by atoms with Crippen LogP contribution in [0.3, 0.4) is 0 Å². The summed E-state index contributed by atoms with van der Waals surface area (Å²) in [5, 5.41) is 3.28. The second-order valence-electron chi connectivity index (χ2n) is 5.22. The van der Waals surface area contributed by atoms with E-state index in [9.17, 15) is 4.39 Å². The van der Waals surface area contributed by atoms with Crippen LogP contribution < -0.4 is 5.32 Å². The Morgan fingerprint density at radius 3 is 2.86 bits per heavy atom. The molecule has 0 atom stereocenters. The zero-order chi connectivity index (χ0) is 14.4. The van der Waals surface area contributed by atoms with E-state index < -0.39 is 0 Å². The van der Waals surface area contributed by atoms with Crippen LogP contribution in [0.25, 0.3) is 0 Å². The van der Waals surface area contributed by atoms with Gasteiger partial charge in [-0.3, -0.25) is 9.98 Å². The highest BCUT2D eigenvalue weighted by atomic mass is 19.1. The largest absolute Gasteiger partial charge is 0.339 e. The molecule has 5 heteroatoms. The van der Waals surface area contributed by atoms with Gasteiger partial charge in [-0.25, -0.2) is 9.37 Å². The number of rotatable bonds is 1. The van der Waals surface area contributed by atoms with Gasteiger partial charge in [0.05, 0.1) is 19.3 Å². The van der Waals surface area contributed by atoms with Gasteiger partial charge in [0.1, 0.15) is 11.5 Å². The maximum absolute atomic E-state index is 13.2. The van der Waals surface area contributed by atoms with Gasteiger partial charge in [0.2, 0.25) is 0 Å². The minimum atomic E-state index is -0.324. The number of nitrogens with zero attached hydrogens (tertiary/aromatic N) is 3. The molecule has 104 valence electrons. The van der Waals surface area contributed by atoms with Gasteiger partial charge in [-0.05, 0) is 30.7 Å². The first kappa shape index (κ1) is 12.2. The van der Waals surface area contributed by atoms with E-state index in [1.54, 1.807) is 0 Å². The van der Waals surface area contributed by atoms with Gasteiger partial charge in [0.15, 0.2) is 5.84 Å². The molecule has 2 aliphatic heterocycles. The van der Waals surface area contributed by atoms with Crippen molar-refractivity contribution in [3.63, 3.8) is 0 Å². The van der Waals surface area contributed by atoms with Crippen molar-refractivity contribution in [1.29, 1.82) is 0 Å². The molecule has 4 rings (SSSR count). The Hall–Kier alpha value is -2.56. The summed E-state index contributed by atoms with van der Waals surface area (Å²) in [6.07, 6.45) is 1.22. The van der Waals surface area contributed by atoms with Crippen LogP contribution in [0.5, 0.6) is 0 Å². The van der Waals surface area contributed by atoms with Crippen molar-refractivity contribution in [2.24, 2.45) is 9.98 Å². The highest BCUT2D eigenvalue weighted by Gasteiger charge is 2.19. The molecular formula is C16H13FN4. The number of halogens is 1. The Bertz CT molecular complexity index is 808. The molecule has 21 heavy (non-hydrogen) atoms. The highest BCUT2D eigenvalue weighted by Crippen LogP contribution is 2.24. The second kappa shape index (κ2) is 4.48. The van der Waals surface area contributed by atoms with Gasteiger partial charge in [0.25, 0.3) is 0 Å². The molecule has 0 bridgehead atoms. The van der Waals surface area contributed by atoms with Gasteiger partial charge in [-0.2, -0.15) is 0 Å². The third-order valence-electron chi connectivity index (χ3n) is 3.81. The van der Waals surface area contributed by atoms with Crippen LogP contribution in [0, 0.1) is 5.82 Å². The van der Waals surface area contributed by atoms with Crippen molar-refractivity contribution < 1.29 is 4.39 Å². The summed E-state index contributed by atoms with van der Waals surface area (Å²) in [6, 6.07) is 7.65. The fraction of sp³-hybridized carbons (Fsp3) is 0.188. The lowest BCUT2D eigenvalue weighted by molar-refractivity contribution is 0.619. The molecule has 0 fully saturated rings. The predicted octanol–water partition coefficient (Wildman–Crippen LogP) is 2.92. The Balaban J connectivity index is 1.64. The molecule has 0 saturated carbocycles. The van der Waals surface area contributed by atoms with Gasteiger partial charge >= 0.3 is 0 Å². The van der Waals surface area contributed by atoms with E-state index in [-0.39, 0.29) is 5.82 Å². The van der Waals surface area contributed by atoms with Crippen LogP contribution in [0.2, 0.25) is 0 Å². The number of hydrogen-bond acceptors (Lipinski definition) is 4. The van der Waals surface area contributed by atoms with Crippen LogP contribution in [0.4, 0.5) is 10.1 Å². The number of amidine groups is 1. The SMILES string of the molecule is CC1=NCc2ccc(NC3=NCc4cc(F)cnc43)cc21. The second-order valence-corrected chi connectivity index (χ2v) is 5.22. The van der Waals surface area contributed by atoms with Crippen LogP contribution in [0.15, 0.2) is 40.4 Å². The summed E-state index contributed by atoms with van der Waals surface area (Å²) in [6.45, 7) is 3.24. The van der Waals surface area contributed by atoms with Gasteiger partial charge in [-0.1, -0.05) is 6.07 Å². The van der Waals surface area contributed by atoms with Crippen LogP contribution in [-0.4, -0.2) is 16.5 Å². The number of benzene rings is 1. The molecule has 1 N–H and O–H groups in total. The van der Waals surface area contributed by atoms with Gasteiger partial charge in [0, 0.05) is 22.5 Å². The van der Waals surface area contributed by atoms with Crippen LogP contribution in [0.1, 0.15) is 29.3 Å². The Morgan fingerprint density at radius 2 is 1.95 bits per heavy atom. The Morgan fingerprint density at radius 1 is 1.10 bits per heavy atom. The van der Waals surface area contributed by atoms with Crippen LogP contribution >= 0.6 is 0 Å². The standard InChI is InChI=1S/C16H13FN4/c1-9-14-5-13(3-2-10(14)6-18-9)21-16-15-11(7-20-16)4-12(17)8-19-15/h2-5,8H,6-7H2,1H3,(H,20,21). The lowest BCUT2D eigenvalue weighted by Gasteiger charge is -2.09. The highest BCUT2D eigenvalue weighted by molar-refractivity contribution is 6.10. The summed E-state index contributed by atoms with van der Waals surface area (Å²) in [5.74, 6) is 0.368. The van der Waals surface area contributed by atoms with E-state index in [4.69, 9.17) is 0 Å². The molecule has 0 saturated heterocycles. The first-order valence-corrected chi connectivity index (χ1v) is 6.81. The molecule has 0 spiro atoms. The third kappa shape index (κ3) is 2.01. The van der Waals surface area contributed by atoms with Crippen molar-refractivity contribution >= 4 is 17.2 Å². The minimum absolute atomic E-state index is 0.324. The maximum atomic E-state index is 13.2. The number of nitrogens with one attached hydrogen (secondary N) is 1. The van der Waals surface area contributed by atoms with E-state index in [0.717, 1.165) is 29.2 Å². The van der Waals surface area contributed by atoms with E-state index in [1.165, 1.54) is 23.4 Å². The fourth-order valence-corrected chi connectivity index (χ4v) is 2.71. The van der Waals surface area contributed by atoms with Gasteiger partial charge < -0.3 is 5.32 Å². The quantitative estimate of drug-likeness (QED) is 0.873. The molecule has 0 radical (unpaired) electrons. The van der Waals surface area contributed by atoms with Crippen LogP contribution in [-0.2, 0) is 13.1 Å². The zero-order valence-electron chi connectivity index (χ0n) is 11.5. The molecular weight excluding hydrogens is 267 g/mol. The first-order valence-electron chi connectivity index (χ1n) is 6.81. The molecule has 0 amide bonds. The van der Waals surface area contributed by atoms with Crippen molar-refractivity contribution in [2.45, 2.75) is 20.0 Å². The average Bonchev–Trinajstić information content (AvgIpc) is 3.04. The lowest BCUT2D eigenvalue weighted by atomic mass is 10.1. The number of anilines is 1. The summed E-state index contributed by atoms with van der Waals surface area (Å²) in [7, 11) is 0. The minimum Gasteiger partial charge on any atom is -0.339 e. The third-order valence-corrected chi connectivity index (χ3v) is 3.81. The molecule has 2 aliphatic rings. The van der Waals surface area contributed by atoms with E-state index in [1.807, 2.05) is 13.0 Å². The van der Waals surface area contributed by atoms with E-state index in [2.05, 4.69) is 32.4 Å². The number of aliphatic imine (C=N–C) groups is 2. The molecule has 4 nitrogen and oxygen atoms in total. The Labute approximate surface area is 121 Å². The van der Waals surface area contributed by atoms with E-state index >= 15 is 0 Å². The molecule has 1 aromatic heterocycles. The number of aromatic nitrogens is 1. The normalized spacial score (nSPS) is 15.3. The summed E-state index contributed by atoms with van der Waals surface area (Å²) in [4.78, 5) is 13.0. The number of hydrogen-bond donors (Lipinski definition) is 1. The summed E-state index contributed by atoms with van der Waals surface area (Å²) < 4.78 is 13.2. The smallest absolute Gasteiger partial charge is 0.152 e. The van der Waals surface area contributed by atoms with Crippen molar-refractivity contribution in [2.75, 3.05) is 5.32 Å². The lowest BCUT2D eigenvalue weighted by Crippen LogP contribution is -2.13. The fourth-order valence-electron chi connectivity index (χ4n) is 2.71. The molecule has 0 unspecified atom stereocenters. The Kier molecular flexibility index (Phi) is 2.60. The number of pyridine rings is 1. The maximum Gasteiger partial charge on any atom is 0.152 e. The van der Waals surface area contributed by atoms with Crippen molar-refractivity contribution in [3.8, 4) is 0 Å². The molecule has 1 aromatic carbocycles. The monoisotopic (exact) mass is 280 g/mol. The zero-order valence-corrected chi connectivity index (χ0v) is 11.5. The van der Waals surface area contributed by atoms with Crippen molar-refractivity contribution in [3.05, 3.63) is 58.7 Å². The van der Waals surface area contributed by atoms with E-state index in [0.29, 0.717) is 12.4 Å². The molecule has 2 aromatic rings. The average molecular weight is 280 g/mol. The molecule has 3 heterocycles. The predicted molar refractivity (Wildman–Crippen MR) is 80.4 cm³/mol.